The zero-order valence-electron chi connectivity index (χ0n) is 10.2. The molecule has 0 aliphatic heterocycles. The summed E-state index contributed by atoms with van der Waals surface area (Å²) in [6, 6.07) is 7.23. The minimum Gasteiger partial charge on any atom is -0.488 e. The van der Waals surface area contributed by atoms with Crippen LogP contribution in [0.4, 0.5) is 0 Å². The molecule has 1 aromatic carbocycles. The summed E-state index contributed by atoms with van der Waals surface area (Å²) in [4.78, 5) is 10.9. The van der Waals surface area contributed by atoms with E-state index in [4.69, 9.17) is 9.84 Å². The van der Waals surface area contributed by atoms with Crippen LogP contribution in [0.2, 0.25) is 0 Å². The highest BCUT2D eigenvalue weighted by Crippen LogP contribution is 2.23. The summed E-state index contributed by atoms with van der Waals surface area (Å²) in [6.45, 7) is 7.54. The van der Waals surface area contributed by atoms with Crippen LogP contribution in [0.25, 0.3) is 0 Å². The zero-order chi connectivity index (χ0) is 12.3. The van der Waals surface area contributed by atoms with Gasteiger partial charge in [-0.2, -0.15) is 0 Å². The normalized spacial score (nSPS) is 13.2. The lowest BCUT2D eigenvalue weighted by Crippen LogP contribution is -2.23. The Labute approximate surface area is 96.1 Å². The van der Waals surface area contributed by atoms with Crippen molar-refractivity contribution in [3.63, 3.8) is 0 Å². The third-order valence-corrected chi connectivity index (χ3v) is 2.15. The van der Waals surface area contributed by atoms with E-state index in [0.29, 0.717) is 5.75 Å². The second-order valence-electron chi connectivity index (χ2n) is 4.85. The van der Waals surface area contributed by atoms with Crippen molar-refractivity contribution in [2.75, 3.05) is 0 Å². The lowest BCUT2D eigenvalue weighted by molar-refractivity contribution is -0.138. The predicted molar refractivity (Wildman–Crippen MR) is 62.9 cm³/mol. The fourth-order valence-electron chi connectivity index (χ4n) is 1.34. The van der Waals surface area contributed by atoms with Gasteiger partial charge in [-0.25, -0.2) is 0 Å². The maximum Gasteiger partial charge on any atom is 0.310 e. The van der Waals surface area contributed by atoms with Gasteiger partial charge >= 0.3 is 5.97 Å². The zero-order valence-corrected chi connectivity index (χ0v) is 10.2. The molecule has 3 nitrogen and oxygen atoms in total. The van der Waals surface area contributed by atoms with Crippen molar-refractivity contribution in [1.82, 2.24) is 0 Å². The van der Waals surface area contributed by atoms with Gasteiger partial charge in [-0.15, -0.1) is 0 Å². The second kappa shape index (κ2) is 4.56. The van der Waals surface area contributed by atoms with E-state index < -0.39 is 11.9 Å². The Kier molecular flexibility index (Phi) is 3.58. The molecule has 0 aliphatic carbocycles. The molecule has 1 aromatic rings. The monoisotopic (exact) mass is 222 g/mol. The highest BCUT2D eigenvalue weighted by atomic mass is 16.5. The SMILES string of the molecule is CC(C(=O)O)c1cccc(OC(C)(C)C)c1. The minimum absolute atomic E-state index is 0.273. The van der Waals surface area contributed by atoms with Crippen molar-refractivity contribution in [3.05, 3.63) is 29.8 Å². The average Bonchev–Trinajstić information content (AvgIpc) is 2.14. The van der Waals surface area contributed by atoms with Crippen LogP contribution < -0.4 is 4.74 Å². The molecule has 0 amide bonds. The quantitative estimate of drug-likeness (QED) is 0.855. The maximum absolute atomic E-state index is 10.9. The molecule has 0 saturated carbocycles. The highest BCUT2D eigenvalue weighted by molar-refractivity contribution is 5.75. The van der Waals surface area contributed by atoms with Gasteiger partial charge in [0.15, 0.2) is 0 Å². The molecule has 0 spiro atoms. The van der Waals surface area contributed by atoms with Crippen LogP contribution >= 0.6 is 0 Å². The van der Waals surface area contributed by atoms with Gasteiger partial charge in [-0.05, 0) is 45.4 Å². The topological polar surface area (TPSA) is 46.5 Å². The van der Waals surface area contributed by atoms with Crippen molar-refractivity contribution in [2.45, 2.75) is 39.2 Å². The van der Waals surface area contributed by atoms with Gasteiger partial charge in [-0.1, -0.05) is 12.1 Å². The number of carboxylic acid groups (broad SMARTS) is 1. The second-order valence-corrected chi connectivity index (χ2v) is 4.85. The van der Waals surface area contributed by atoms with Crippen molar-refractivity contribution in [1.29, 1.82) is 0 Å². The Morgan fingerprint density at radius 3 is 2.50 bits per heavy atom. The Bertz CT molecular complexity index is 377. The smallest absolute Gasteiger partial charge is 0.310 e. The molecule has 0 radical (unpaired) electrons. The summed E-state index contributed by atoms with van der Waals surface area (Å²) in [5.41, 5.74) is 0.486. The van der Waals surface area contributed by atoms with Gasteiger partial charge in [0.2, 0.25) is 0 Å². The molecule has 0 aromatic heterocycles. The first-order valence-corrected chi connectivity index (χ1v) is 5.31. The lowest BCUT2D eigenvalue weighted by atomic mass is 10.0. The molecule has 1 rings (SSSR count). The third-order valence-electron chi connectivity index (χ3n) is 2.15. The molecular formula is C13H18O3. The van der Waals surface area contributed by atoms with Crippen molar-refractivity contribution in [3.8, 4) is 5.75 Å². The molecule has 0 saturated heterocycles. The number of rotatable bonds is 3. The first-order valence-electron chi connectivity index (χ1n) is 5.31. The molecule has 0 aliphatic rings. The number of hydrogen-bond donors (Lipinski definition) is 1. The Morgan fingerprint density at radius 1 is 1.38 bits per heavy atom. The summed E-state index contributed by atoms with van der Waals surface area (Å²) < 4.78 is 5.68. The molecule has 0 heterocycles. The Balaban J connectivity index is 2.91. The van der Waals surface area contributed by atoms with Crippen LogP contribution in [0.15, 0.2) is 24.3 Å². The molecule has 1 N–H and O–H groups in total. The number of carbonyl (C=O) groups is 1. The summed E-state index contributed by atoms with van der Waals surface area (Å²) in [7, 11) is 0. The van der Waals surface area contributed by atoms with E-state index >= 15 is 0 Å². The summed E-state index contributed by atoms with van der Waals surface area (Å²) in [6.07, 6.45) is 0. The van der Waals surface area contributed by atoms with E-state index in [2.05, 4.69) is 0 Å². The van der Waals surface area contributed by atoms with Gasteiger partial charge in [0, 0.05) is 0 Å². The number of benzene rings is 1. The van der Waals surface area contributed by atoms with Crippen LogP contribution in [-0.2, 0) is 4.79 Å². The van der Waals surface area contributed by atoms with Crippen LogP contribution in [0.5, 0.6) is 5.75 Å². The Hall–Kier alpha value is -1.51. The molecule has 0 fully saturated rings. The molecule has 16 heavy (non-hydrogen) atoms. The van der Waals surface area contributed by atoms with E-state index in [-0.39, 0.29) is 5.60 Å². The standard InChI is InChI=1S/C13H18O3/c1-9(12(14)15)10-6-5-7-11(8-10)16-13(2,3)4/h5-9H,1-4H3,(H,14,15). The highest BCUT2D eigenvalue weighted by Gasteiger charge is 2.16. The van der Waals surface area contributed by atoms with Gasteiger partial charge in [0.05, 0.1) is 5.92 Å². The van der Waals surface area contributed by atoms with E-state index in [1.807, 2.05) is 32.9 Å². The van der Waals surface area contributed by atoms with Gasteiger partial charge in [0.25, 0.3) is 0 Å². The summed E-state index contributed by atoms with van der Waals surface area (Å²) >= 11 is 0. The molecule has 0 bridgehead atoms. The predicted octanol–water partition coefficient (Wildman–Crippen LogP) is 3.05. The molecule has 3 heteroatoms. The third kappa shape index (κ3) is 3.57. The fourth-order valence-corrected chi connectivity index (χ4v) is 1.34. The van der Waals surface area contributed by atoms with Gasteiger partial charge in [-0.3, -0.25) is 4.79 Å². The number of aliphatic carboxylic acids is 1. The summed E-state index contributed by atoms with van der Waals surface area (Å²) in [5.74, 6) is -0.630. The van der Waals surface area contributed by atoms with E-state index in [9.17, 15) is 4.79 Å². The first kappa shape index (κ1) is 12.6. The molecular weight excluding hydrogens is 204 g/mol. The van der Waals surface area contributed by atoms with Crippen LogP contribution in [0.3, 0.4) is 0 Å². The van der Waals surface area contributed by atoms with Crippen LogP contribution in [-0.4, -0.2) is 16.7 Å². The minimum atomic E-state index is -0.826. The van der Waals surface area contributed by atoms with Crippen LogP contribution in [0.1, 0.15) is 39.2 Å². The van der Waals surface area contributed by atoms with E-state index in [1.165, 1.54) is 0 Å². The maximum atomic E-state index is 10.9. The summed E-state index contributed by atoms with van der Waals surface area (Å²) in [5, 5.41) is 8.92. The fraction of sp³-hybridized carbons (Fsp3) is 0.462. The van der Waals surface area contributed by atoms with Crippen molar-refractivity contribution < 1.29 is 14.6 Å². The molecule has 88 valence electrons. The number of hydrogen-bond acceptors (Lipinski definition) is 2. The largest absolute Gasteiger partial charge is 0.488 e. The average molecular weight is 222 g/mol. The lowest BCUT2D eigenvalue weighted by Gasteiger charge is -2.22. The first-order chi connectivity index (χ1) is 7.29. The van der Waals surface area contributed by atoms with Crippen LogP contribution in [0, 0.1) is 0 Å². The van der Waals surface area contributed by atoms with E-state index in [0.717, 1.165) is 5.56 Å². The van der Waals surface area contributed by atoms with Gasteiger partial charge in [0.1, 0.15) is 11.4 Å². The van der Waals surface area contributed by atoms with E-state index in [1.54, 1.807) is 19.1 Å². The molecule has 1 unspecified atom stereocenters. The number of ether oxygens (including phenoxy) is 1. The van der Waals surface area contributed by atoms with Crippen molar-refractivity contribution in [2.24, 2.45) is 0 Å². The molecule has 1 atom stereocenters. The van der Waals surface area contributed by atoms with Gasteiger partial charge < -0.3 is 9.84 Å². The van der Waals surface area contributed by atoms with Crippen molar-refractivity contribution >= 4 is 5.97 Å². The number of carboxylic acids is 1. The Morgan fingerprint density at radius 2 is 2.00 bits per heavy atom.